The van der Waals surface area contributed by atoms with Crippen LogP contribution >= 0.6 is 23.1 Å². The summed E-state index contributed by atoms with van der Waals surface area (Å²) in [5.41, 5.74) is 2.28. The van der Waals surface area contributed by atoms with Gasteiger partial charge in [0.2, 0.25) is 21.1 Å². The van der Waals surface area contributed by atoms with Gasteiger partial charge in [0, 0.05) is 18.8 Å². The van der Waals surface area contributed by atoms with Gasteiger partial charge in [0.1, 0.15) is 0 Å². The first-order valence-corrected chi connectivity index (χ1v) is 14.1. The number of sulfonamides is 1. The highest BCUT2D eigenvalue weighted by molar-refractivity contribution is 8.01. The summed E-state index contributed by atoms with van der Waals surface area (Å²) in [5, 5.41) is 14.8. The van der Waals surface area contributed by atoms with E-state index in [-0.39, 0.29) is 23.1 Å². The zero-order valence-electron chi connectivity index (χ0n) is 19.1. The second kappa shape index (κ2) is 12.2. The molecule has 192 valence electrons. The van der Waals surface area contributed by atoms with Crippen LogP contribution in [-0.2, 0) is 27.9 Å². The van der Waals surface area contributed by atoms with Gasteiger partial charge in [0.15, 0.2) is 16.0 Å². The highest BCUT2D eigenvalue weighted by Gasteiger charge is 2.16. The van der Waals surface area contributed by atoms with Crippen molar-refractivity contribution in [1.82, 2.24) is 14.9 Å². The number of thioether (sulfide) groups is 1. The third-order valence-corrected chi connectivity index (χ3v) is 8.34. The Balaban J connectivity index is 1.22. The van der Waals surface area contributed by atoms with Crippen molar-refractivity contribution >= 4 is 49.8 Å². The van der Waals surface area contributed by atoms with E-state index in [0.717, 1.165) is 17.7 Å². The number of carbonyl (C=O) groups excluding carboxylic acids is 1. The van der Waals surface area contributed by atoms with E-state index in [1.54, 1.807) is 24.3 Å². The molecule has 0 aliphatic heterocycles. The van der Waals surface area contributed by atoms with Gasteiger partial charge in [-0.3, -0.25) is 4.79 Å². The highest BCUT2D eigenvalue weighted by atomic mass is 32.2. The number of nitrogens with one attached hydrogen (secondary N) is 3. The van der Waals surface area contributed by atoms with Gasteiger partial charge in [-0.1, -0.05) is 65.6 Å². The van der Waals surface area contributed by atoms with Crippen molar-refractivity contribution < 1.29 is 22.0 Å². The molecule has 1 aromatic heterocycles. The minimum absolute atomic E-state index is 0.0664. The molecule has 8 nitrogen and oxygen atoms in total. The Morgan fingerprint density at radius 1 is 0.892 bits per heavy atom. The van der Waals surface area contributed by atoms with Crippen LogP contribution in [0.2, 0.25) is 0 Å². The van der Waals surface area contributed by atoms with E-state index in [2.05, 4.69) is 25.6 Å². The Kier molecular flexibility index (Phi) is 8.82. The lowest BCUT2D eigenvalue weighted by molar-refractivity contribution is -0.113. The van der Waals surface area contributed by atoms with Gasteiger partial charge in [-0.2, -0.15) is 0 Å². The van der Waals surface area contributed by atoms with Gasteiger partial charge in [0.25, 0.3) is 0 Å². The fraction of sp³-hybridized carbons (Fsp3) is 0.125. The quantitative estimate of drug-likeness (QED) is 0.229. The molecule has 0 saturated carbocycles. The van der Waals surface area contributed by atoms with Gasteiger partial charge in [-0.15, -0.1) is 10.2 Å². The first kappa shape index (κ1) is 26.7. The lowest BCUT2D eigenvalue weighted by Gasteiger charge is -2.09. The smallest absolute Gasteiger partial charge is 0.240 e. The van der Waals surface area contributed by atoms with E-state index in [4.69, 9.17) is 0 Å². The molecular weight excluding hydrogens is 540 g/mol. The number of hydrogen-bond donors (Lipinski definition) is 3. The number of carbonyl (C=O) groups is 1. The molecule has 0 spiro atoms. The van der Waals surface area contributed by atoms with E-state index in [1.807, 2.05) is 30.3 Å². The molecular formula is C24H21F2N5O3S3. The van der Waals surface area contributed by atoms with E-state index in [1.165, 1.54) is 23.1 Å². The van der Waals surface area contributed by atoms with Crippen LogP contribution in [-0.4, -0.2) is 30.3 Å². The number of aromatic nitrogens is 2. The third-order valence-electron chi connectivity index (χ3n) is 4.93. The van der Waals surface area contributed by atoms with Crippen LogP contribution in [0.3, 0.4) is 0 Å². The van der Waals surface area contributed by atoms with Crippen molar-refractivity contribution in [2.45, 2.75) is 22.3 Å². The molecule has 4 rings (SSSR count). The van der Waals surface area contributed by atoms with Crippen molar-refractivity contribution in [2.75, 3.05) is 16.4 Å². The molecule has 0 aliphatic rings. The summed E-state index contributed by atoms with van der Waals surface area (Å²) >= 11 is 2.63. The number of hydrogen-bond acceptors (Lipinski definition) is 8. The average Bonchev–Trinajstić information content (AvgIpc) is 3.36. The molecule has 0 saturated heterocycles. The molecule has 3 N–H and O–H groups in total. The lowest BCUT2D eigenvalue weighted by Crippen LogP contribution is -2.23. The summed E-state index contributed by atoms with van der Waals surface area (Å²) in [6.07, 6.45) is 0. The summed E-state index contributed by atoms with van der Waals surface area (Å²) in [6, 6.07) is 18.8. The number of benzene rings is 3. The van der Waals surface area contributed by atoms with Gasteiger partial charge in [-0.25, -0.2) is 21.9 Å². The molecule has 0 aliphatic carbocycles. The van der Waals surface area contributed by atoms with Crippen LogP contribution in [0.25, 0.3) is 0 Å². The summed E-state index contributed by atoms with van der Waals surface area (Å²) in [7, 11) is -4.02. The van der Waals surface area contributed by atoms with Crippen molar-refractivity contribution in [1.29, 1.82) is 0 Å². The summed E-state index contributed by atoms with van der Waals surface area (Å²) in [6.45, 7) is 0.561. The van der Waals surface area contributed by atoms with Gasteiger partial charge in [-0.05, 0) is 41.5 Å². The Morgan fingerprint density at radius 3 is 2.35 bits per heavy atom. The monoisotopic (exact) mass is 561 g/mol. The van der Waals surface area contributed by atoms with Crippen LogP contribution in [0.5, 0.6) is 0 Å². The number of amides is 1. The number of anilines is 2. The van der Waals surface area contributed by atoms with E-state index >= 15 is 0 Å². The van der Waals surface area contributed by atoms with Crippen molar-refractivity contribution in [2.24, 2.45) is 0 Å². The summed E-state index contributed by atoms with van der Waals surface area (Å²) in [5.74, 6) is -2.46. The van der Waals surface area contributed by atoms with Crippen LogP contribution in [0.1, 0.15) is 11.1 Å². The van der Waals surface area contributed by atoms with E-state index in [9.17, 15) is 22.0 Å². The number of rotatable bonds is 11. The van der Waals surface area contributed by atoms with Gasteiger partial charge >= 0.3 is 0 Å². The lowest BCUT2D eigenvalue weighted by atomic mass is 10.2. The number of halogens is 2. The van der Waals surface area contributed by atoms with Crippen LogP contribution in [0, 0.1) is 11.6 Å². The maximum atomic E-state index is 13.4. The van der Waals surface area contributed by atoms with E-state index in [0.29, 0.717) is 33.3 Å². The predicted molar refractivity (Wildman–Crippen MR) is 140 cm³/mol. The van der Waals surface area contributed by atoms with Crippen LogP contribution < -0.4 is 15.4 Å². The normalized spacial score (nSPS) is 11.3. The molecule has 4 aromatic rings. The summed E-state index contributed by atoms with van der Waals surface area (Å²) < 4.78 is 54.0. The molecule has 1 amide bonds. The third kappa shape index (κ3) is 7.79. The second-order valence-corrected chi connectivity index (χ2v) is 11.6. The van der Waals surface area contributed by atoms with Crippen LogP contribution in [0.15, 0.2) is 82.0 Å². The molecule has 3 aromatic carbocycles. The second-order valence-electron chi connectivity index (χ2n) is 7.65. The Labute approximate surface area is 220 Å². The fourth-order valence-electron chi connectivity index (χ4n) is 3.05. The summed E-state index contributed by atoms with van der Waals surface area (Å²) in [4.78, 5) is 11.9. The molecule has 0 atom stereocenters. The molecule has 13 heteroatoms. The number of nitrogens with zero attached hydrogens (tertiary/aromatic N) is 2. The molecule has 0 bridgehead atoms. The first-order chi connectivity index (χ1) is 17.8. The molecule has 0 unspecified atom stereocenters. The van der Waals surface area contributed by atoms with Crippen molar-refractivity contribution in [3.8, 4) is 0 Å². The molecule has 0 fully saturated rings. The maximum Gasteiger partial charge on any atom is 0.240 e. The fourth-order valence-corrected chi connectivity index (χ4v) is 5.63. The first-order valence-electron chi connectivity index (χ1n) is 10.9. The van der Waals surface area contributed by atoms with Crippen molar-refractivity contribution in [3.63, 3.8) is 0 Å². The highest BCUT2D eigenvalue weighted by Crippen LogP contribution is 2.26. The van der Waals surface area contributed by atoms with Crippen LogP contribution in [0.4, 0.5) is 19.6 Å². The Hall–Kier alpha value is -3.39. The zero-order valence-corrected chi connectivity index (χ0v) is 21.6. The molecule has 0 radical (unpaired) electrons. The molecule has 37 heavy (non-hydrogen) atoms. The maximum absolute atomic E-state index is 13.4. The average molecular weight is 562 g/mol. The Bertz CT molecular complexity index is 1470. The minimum Gasteiger partial charge on any atom is -0.356 e. The Morgan fingerprint density at radius 2 is 1.62 bits per heavy atom. The molecule has 1 heterocycles. The largest absolute Gasteiger partial charge is 0.356 e. The predicted octanol–water partition coefficient (Wildman–Crippen LogP) is 4.64. The topological polar surface area (TPSA) is 113 Å². The SMILES string of the molecule is O=C(CSc1nnc(NCc2ccccc2)s1)Nc1ccc(CNS(=O)(=O)c2ccc(F)c(F)c2)cc1. The van der Waals surface area contributed by atoms with Gasteiger partial charge in [0.05, 0.1) is 10.6 Å². The van der Waals surface area contributed by atoms with Crippen molar-refractivity contribution in [3.05, 3.63) is 95.6 Å². The standard InChI is InChI=1S/C24H21F2N5O3S3/c25-20-11-10-19(12-21(20)26)37(33,34)28-14-17-6-8-18(9-7-17)29-22(32)15-35-24-31-30-23(36-24)27-13-16-4-2-1-3-5-16/h1-12,28H,13-15H2,(H,27,30)(H,29,32). The minimum atomic E-state index is -4.02. The zero-order chi connectivity index (χ0) is 26.3. The van der Waals surface area contributed by atoms with E-state index < -0.39 is 21.7 Å². The van der Waals surface area contributed by atoms with Gasteiger partial charge < -0.3 is 10.6 Å².